The van der Waals surface area contributed by atoms with Crippen molar-refractivity contribution >= 4 is 12.6 Å². The summed E-state index contributed by atoms with van der Waals surface area (Å²) in [6, 6.07) is 0. The maximum Gasteiger partial charge on any atom is 0.168 e. The van der Waals surface area contributed by atoms with Crippen molar-refractivity contribution in [2.24, 2.45) is 0 Å². The van der Waals surface area contributed by atoms with Gasteiger partial charge in [-0.3, -0.25) is 0 Å². The zero-order valence-electron chi connectivity index (χ0n) is 5.54. The molecule has 1 aliphatic rings. The van der Waals surface area contributed by atoms with Crippen LogP contribution in [0.1, 0.15) is 13.3 Å². The van der Waals surface area contributed by atoms with Crippen molar-refractivity contribution in [1.29, 1.82) is 0 Å². The first kappa shape index (κ1) is 7.38. The molecule has 0 aromatic rings. The van der Waals surface area contributed by atoms with Crippen LogP contribution in [0.5, 0.6) is 0 Å². The molecule has 0 amide bonds. The Labute approximate surface area is 60.9 Å². The van der Waals surface area contributed by atoms with Crippen LogP contribution < -0.4 is 0 Å². The van der Waals surface area contributed by atoms with Crippen molar-refractivity contribution in [2.75, 3.05) is 13.2 Å². The van der Waals surface area contributed by atoms with Crippen LogP contribution in [0.4, 0.5) is 0 Å². The maximum atomic E-state index is 5.24. The maximum absolute atomic E-state index is 5.24. The van der Waals surface area contributed by atoms with E-state index in [0.717, 1.165) is 19.6 Å². The minimum atomic E-state index is -0.0814. The van der Waals surface area contributed by atoms with Crippen molar-refractivity contribution in [2.45, 2.75) is 24.9 Å². The normalized spacial score (nSPS) is 26.0. The van der Waals surface area contributed by atoms with E-state index in [2.05, 4.69) is 12.6 Å². The van der Waals surface area contributed by atoms with Gasteiger partial charge in [-0.1, -0.05) is 0 Å². The van der Waals surface area contributed by atoms with Crippen LogP contribution in [0.2, 0.25) is 0 Å². The summed E-state index contributed by atoms with van der Waals surface area (Å²) >= 11 is 4.19. The largest absolute Gasteiger partial charge is 0.351 e. The number of thiol groups is 1. The third kappa shape index (κ3) is 2.16. The predicted octanol–water partition coefficient (Wildman–Crippen LogP) is 1.07. The molecular weight excluding hydrogens is 136 g/mol. The van der Waals surface area contributed by atoms with Crippen LogP contribution in [-0.4, -0.2) is 24.8 Å². The Bertz CT molecular complexity index is 79.1. The van der Waals surface area contributed by atoms with Gasteiger partial charge in [-0.15, -0.1) is 0 Å². The molecule has 0 saturated carbocycles. The van der Waals surface area contributed by atoms with Gasteiger partial charge < -0.3 is 9.47 Å². The summed E-state index contributed by atoms with van der Waals surface area (Å²) in [5, 5.41) is 0.185. The lowest BCUT2D eigenvalue weighted by Gasteiger charge is -2.25. The number of ether oxygens (including phenoxy) is 2. The Kier molecular flexibility index (Phi) is 2.82. The summed E-state index contributed by atoms with van der Waals surface area (Å²) < 4.78 is 10.5. The summed E-state index contributed by atoms with van der Waals surface area (Å²) in [6.45, 7) is 3.60. The van der Waals surface area contributed by atoms with Gasteiger partial charge in [-0.05, 0) is 13.3 Å². The second-order valence-corrected chi connectivity index (χ2v) is 3.02. The fraction of sp³-hybridized carbons (Fsp3) is 1.00. The first-order chi connectivity index (χ1) is 4.30. The Morgan fingerprint density at radius 2 is 2.00 bits per heavy atom. The van der Waals surface area contributed by atoms with Gasteiger partial charge >= 0.3 is 0 Å². The molecule has 1 aliphatic heterocycles. The number of rotatable bonds is 1. The molecule has 1 heterocycles. The summed E-state index contributed by atoms with van der Waals surface area (Å²) in [6.07, 6.45) is 0.930. The van der Waals surface area contributed by atoms with E-state index in [1.54, 1.807) is 0 Å². The lowest BCUT2D eigenvalue weighted by molar-refractivity contribution is -0.175. The van der Waals surface area contributed by atoms with Crippen molar-refractivity contribution < 1.29 is 9.47 Å². The molecule has 0 aromatic heterocycles. The highest BCUT2D eigenvalue weighted by atomic mass is 32.1. The molecule has 1 rings (SSSR count). The van der Waals surface area contributed by atoms with Crippen LogP contribution in [-0.2, 0) is 9.47 Å². The molecule has 0 bridgehead atoms. The molecule has 0 N–H and O–H groups in total. The number of hydrogen-bond acceptors (Lipinski definition) is 3. The van der Waals surface area contributed by atoms with Crippen LogP contribution in [0.25, 0.3) is 0 Å². The van der Waals surface area contributed by atoms with E-state index in [0.29, 0.717) is 0 Å². The average Bonchev–Trinajstić information content (AvgIpc) is 1.90. The van der Waals surface area contributed by atoms with Crippen LogP contribution in [0, 0.1) is 0 Å². The molecule has 0 aromatic carbocycles. The van der Waals surface area contributed by atoms with Crippen molar-refractivity contribution in [3.05, 3.63) is 0 Å². The fourth-order valence-corrected chi connectivity index (χ4v) is 0.957. The van der Waals surface area contributed by atoms with E-state index in [1.165, 1.54) is 0 Å². The SMILES string of the molecule is CC(S)C1OCCCO1. The first-order valence-corrected chi connectivity index (χ1v) is 3.73. The Morgan fingerprint density at radius 3 is 2.33 bits per heavy atom. The minimum Gasteiger partial charge on any atom is -0.351 e. The Balaban J connectivity index is 2.23. The highest BCUT2D eigenvalue weighted by Gasteiger charge is 2.17. The zero-order valence-corrected chi connectivity index (χ0v) is 6.43. The van der Waals surface area contributed by atoms with Crippen molar-refractivity contribution in [3.8, 4) is 0 Å². The molecule has 2 nitrogen and oxygen atoms in total. The van der Waals surface area contributed by atoms with Crippen molar-refractivity contribution in [3.63, 3.8) is 0 Å². The highest BCUT2D eigenvalue weighted by Crippen LogP contribution is 2.11. The molecule has 1 unspecified atom stereocenters. The topological polar surface area (TPSA) is 18.5 Å². The molecule has 0 spiro atoms. The van der Waals surface area contributed by atoms with Gasteiger partial charge in [0.2, 0.25) is 0 Å². The fourth-order valence-electron chi connectivity index (χ4n) is 0.785. The molecule has 9 heavy (non-hydrogen) atoms. The Morgan fingerprint density at radius 1 is 1.44 bits per heavy atom. The van der Waals surface area contributed by atoms with E-state index in [1.807, 2.05) is 6.92 Å². The molecule has 1 atom stereocenters. The minimum absolute atomic E-state index is 0.0814. The van der Waals surface area contributed by atoms with Gasteiger partial charge in [0.25, 0.3) is 0 Å². The molecule has 54 valence electrons. The van der Waals surface area contributed by atoms with Crippen LogP contribution in [0.3, 0.4) is 0 Å². The number of hydrogen-bond donors (Lipinski definition) is 1. The van der Waals surface area contributed by atoms with Gasteiger partial charge in [0.1, 0.15) is 0 Å². The van der Waals surface area contributed by atoms with E-state index in [9.17, 15) is 0 Å². The lowest BCUT2D eigenvalue weighted by Crippen LogP contribution is -2.31. The summed E-state index contributed by atoms with van der Waals surface area (Å²) in [4.78, 5) is 0. The van der Waals surface area contributed by atoms with E-state index >= 15 is 0 Å². The predicted molar refractivity (Wildman–Crippen MR) is 38.8 cm³/mol. The monoisotopic (exact) mass is 148 g/mol. The summed E-state index contributed by atoms with van der Waals surface area (Å²) in [5.41, 5.74) is 0. The van der Waals surface area contributed by atoms with Gasteiger partial charge in [0.05, 0.1) is 13.2 Å². The zero-order chi connectivity index (χ0) is 6.69. The second kappa shape index (κ2) is 3.44. The van der Waals surface area contributed by atoms with Crippen molar-refractivity contribution in [1.82, 2.24) is 0 Å². The van der Waals surface area contributed by atoms with E-state index < -0.39 is 0 Å². The molecule has 1 saturated heterocycles. The van der Waals surface area contributed by atoms with Crippen LogP contribution in [0.15, 0.2) is 0 Å². The Hall–Kier alpha value is 0.270. The smallest absolute Gasteiger partial charge is 0.168 e. The average molecular weight is 148 g/mol. The highest BCUT2D eigenvalue weighted by molar-refractivity contribution is 7.81. The third-order valence-electron chi connectivity index (χ3n) is 1.25. The third-order valence-corrected chi connectivity index (χ3v) is 1.49. The standard InChI is InChI=1S/C6H12O2S/c1-5(9)6-7-3-2-4-8-6/h5-6,9H,2-4H2,1H3. The first-order valence-electron chi connectivity index (χ1n) is 3.22. The van der Waals surface area contributed by atoms with Gasteiger partial charge in [-0.25, -0.2) is 0 Å². The van der Waals surface area contributed by atoms with E-state index in [4.69, 9.17) is 9.47 Å². The van der Waals surface area contributed by atoms with E-state index in [-0.39, 0.29) is 11.5 Å². The molecule has 0 aliphatic carbocycles. The summed E-state index contributed by atoms with van der Waals surface area (Å²) in [7, 11) is 0. The second-order valence-electron chi connectivity index (χ2n) is 2.20. The summed E-state index contributed by atoms with van der Waals surface area (Å²) in [5.74, 6) is 0. The quantitative estimate of drug-likeness (QED) is 0.561. The lowest BCUT2D eigenvalue weighted by atomic mass is 10.4. The molecular formula is C6H12O2S. The molecule has 0 radical (unpaired) electrons. The van der Waals surface area contributed by atoms with Gasteiger partial charge in [0.15, 0.2) is 6.29 Å². The molecule has 1 fully saturated rings. The molecule has 3 heteroatoms. The van der Waals surface area contributed by atoms with Crippen LogP contribution >= 0.6 is 12.6 Å². The van der Waals surface area contributed by atoms with Gasteiger partial charge in [0, 0.05) is 5.25 Å². The van der Waals surface area contributed by atoms with Gasteiger partial charge in [-0.2, -0.15) is 12.6 Å².